The lowest BCUT2D eigenvalue weighted by atomic mass is 9.73. The van der Waals surface area contributed by atoms with Crippen LogP contribution in [-0.2, 0) is 38.1 Å². The molecule has 4 aliphatic rings. The van der Waals surface area contributed by atoms with Gasteiger partial charge in [0.15, 0.2) is 23.1 Å². The maximum atomic E-state index is 14.2. The minimum atomic E-state index is -1.90. The summed E-state index contributed by atoms with van der Waals surface area (Å²) in [5, 5.41) is 45.0. The number of ether oxygens (including phenoxy) is 5. The number of carbonyl (C=O) groups excluding carboxylic acids is 3. The third-order valence-corrected chi connectivity index (χ3v) is 12.6. The molecule has 4 rings (SSSR count). The Morgan fingerprint density at radius 2 is 1.76 bits per heavy atom. The minimum absolute atomic E-state index is 0.0243. The molecule has 284 valence electrons. The first-order chi connectivity index (χ1) is 23.3. The van der Waals surface area contributed by atoms with Gasteiger partial charge in [-0.25, -0.2) is 4.79 Å². The number of methoxy groups -OCH3 is 1. The van der Waals surface area contributed by atoms with Crippen LogP contribution in [0.4, 0.5) is 0 Å². The van der Waals surface area contributed by atoms with E-state index in [2.05, 4.69) is 6.58 Å². The molecule has 4 heterocycles. The molecule has 0 amide bonds. The van der Waals surface area contributed by atoms with Gasteiger partial charge in [-0.05, 0) is 77.6 Å². The summed E-state index contributed by atoms with van der Waals surface area (Å²) in [6.45, 7) is 18.1. The molecule has 0 saturated carbocycles. The Morgan fingerprint density at radius 1 is 1.10 bits per heavy atom. The fraction of sp³-hybridized carbons (Fsp3) is 0.816. The van der Waals surface area contributed by atoms with Gasteiger partial charge in [0.2, 0.25) is 0 Å². The second kappa shape index (κ2) is 15.4. The number of hydrogen-bond acceptors (Lipinski definition) is 12. The van der Waals surface area contributed by atoms with Gasteiger partial charge in [0, 0.05) is 25.4 Å². The van der Waals surface area contributed by atoms with Crippen LogP contribution in [0.1, 0.15) is 107 Å². The quantitative estimate of drug-likeness (QED) is 0.149. The fourth-order valence-electron chi connectivity index (χ4n) is 8.91. The van der Waals surface area contributed by atoms with Gasteiger partial charge < -0.3 is 44.1 Å². The van der Waals surface area contributed by atoms with Crippen LogP contribution in [0.2, 0.25) is 0 Å². The van der Waals surface area contributed by atoms with Gasteiger partial charge >= 0.3 is 5.97 Å². The van der Waals surface area contributed by atoms with Crippen molar-refractivity contribution in [2.24, 2.45) is 23.7 Å². The van der Waals surface area contributed by atoms with Crippen LogP contribution in [0.15, 0.2) is 23.7 Å². The topological polar surface area (TPSA) is 178 Å². The highest BCUT2D eigenvalue weighted by Gasteiger charge is 2.57. The predicted molar refractivity (Wildman–Crippen MR) is 183 cm³/mol. The zero-order chi connectivity index (χ0) is 37.5. The maximum Gasteiger partial charge on any atom is 0.351 e. The average Bonchev–Trinajstić information content (AvgIpc) is 3.63. The first kappa shape index (κ1) is 40.6. The van der Waals surface area contributed by atoms with Crippen molar-refractivity contribution in [2.45, 2.75) is 166 Å². The van der Waals surface area contributed by atoms with Gasteiger partial charge in [-0.1, -0.05) is 41.2 Å². The number of esters is 1. The molecule has 3 fully saturated rings. The van der Waals surface area contributed by atoms with Crippen LogP contribution in [-0.4, -0.2) is 105 Å². The summed E-state index contributed by atoms with van der Waals surface area (Å²) in [6.07, 6.45) is -1.08. The van der Waals surface area contributed by atoms with E-state index in [0.717, 1.165) is 0 Å². The van der Waals surface area contributed by atoms with Gasteiger partial charge in [0.25, 0.3) is 0 Å². The van der Waals surface area contributed by atoms with E-state index in [4.69, 9.17) is 23.7 Å². The van der Waals surface area contributed by atoms with E-state index in [1.807, 2.05) is 34.6 Å². The third kappa shape index (κ3) is 7.36. The van der Waals surface area contributed by atoms with Crippen LogP contribution in [0.5, 0.6) is 0 Å². The van der Waals surface area contributed by atoms with Crippen molar-refractivity contribution < 1.29 is 58.5 Å². The van der Waals surface area contributed by atoms with E-state index in [-0.39, 0.29) is 36.5 Å². The van der Waals surface area contributed by atoms with Gasteiger partial charge in [0.05, 0.1) is 48.3 Å². The Morgan fingerprint density at radius 3 is 2.30 bits per heavy atom. The van der Waals surface area contributed by atoms with E-state index in [1.54, 1.807) is 21.0 Å². The van der Waals surface area contributed by atoms with Crippen molar-refractivity contribution in [3.63, 3.8) is 0 Å². The molecule has 12 heteroatoms. The highest BCUT2D eigenvalue weighted by molar-refractivity contribution is 6.20. The molecule has 3 saturated heterocycles. The van der Waals surface area contributed by atoms with Crippen LogP contribution in [0.25, 0.3) is 0 Å². The average molecular weight is 709 g/mol. The van der Waals surface area contributed by atoms with Gasteiger partial charge in [0.1, 0.15) is 16.8 Å². The number of rotatable bonds is 14. The number of aliphatic hydroxyl groups is 4. The summed E-state index contributed by atoms with van der Waals surface area (Å²) in [5.41, 5.74) is -4.24. The molecule has 14 atom stereocenters. The van der Waals surface area contributed by atoms with Crippen molar-refractivity contribution in [2.75, 3.05) is 7.11 Å². The Kier molecular flexibility index (Phi) is 12.5. The van der Waals surface area contributed by atoms with Crippen molar-refractivity contribution >= 4 is 17.5 Å². The molecule has 4 N–H and O–H groups in total. The van der Waals surface area contributed by atoms with E-state index >= 15 is 0 Å². The number of carbonyl (C=O) groups is 3. The number of cyclic esters (lactones) is 1. The highest BCUT2D eigenvalue weighted by atomic mass is 16.6. The molecule has 0 aliphatic carbocycles. The van der Waals surface area contributed by atoms with E-state index in [1.165, 1.54) is 6.92 Å². The van der Waals surface area contributed by atoms with E-state index < -0.39 is 94.1 Å². The molecular formula is C38H60O12. The first-order valence-corrected chi connectivity index (χ1v) is 18.4. The van der Waals surface area contributed by atoms with Crippen LogP contribution >= 0.6 is 0 Å². The number of ketones is 2. The Labute approximate surface area is 296 Å². The molecule has 12 nitrogen and oxygen atoms in total. The van der Waals surface area contributed by atoms with Gasteiger partial charge in [-0.2, -0.15) is 0 Å². The summed E-state index contributed by atoms with van der Waals surface area (Å²) in [4.78, 5) is 39.4. The Bertz CT molecular complexity index is 1320. The lowest BCUT2D eigenvalue weighted by Gasteiger charge is -2.49. The second-order valence-electron chi connectivity index (χ2n) is 15.6. The summed E-state index contributed by atoms with van der Waals surface area (Å²) in [7, 11) is 1.56. The van der Waals surface area contributed by atoms with Crippen molar-refractivity contribution in [1.82, 2.24) is 0 Å². The monoisotopic (exact) mass is 708 g/mol. The van der Waals surface area contributed by atoms with E-state index in [9.17, 15) is 34.8 Å². The second-order valence-corrected chi connectivity index (χ2v) is 15.6. The fourth-order valence-corrected chi connectivity index (χ4v) is 8.91. The normalized spacial score (nSPS) is 38.7. The van der Waals surface area contributed by atoms with Gasteiger partial charge in [-0.15, -0.1) is 0 Å². The summed E-state index contributed by atoms with van der Waals surface area (Å²) in [6, 6.07) is 0. The molecule has 2 unspecified atom stereocenters. The lowest BCUT2D eigenvalue weighted by Crippen LogP contribution is -2.60. The van der Waals surface area contributed by atoms with Crippen LogP contribution in [0.3, 0.4) is 0 Å². The molecule has 0 aromatic heterocycles. The van der Waals surface area contributed by atoms with Gasteiger partial charge in [-0.3, -0.25) is 9.59 Å². The lowest BCUT2D eigenvalue weighted by molar-refractivity contribution is -0.255. The molecule has 0 bridgehead atoms. The smallest absolute Gasteiger partial charge is 0.351 e. The maximum absolute atomic E-state index is 14.2. The van der Waals surface area contributed by atoms with Crippen molar-refractivity contribution in [3.8, 4) is 0 Å². The number of hydrogen-bond donors (Lipinski definition) is 4. The van der Waals surface area contributed by atoms with Crippen molar-refractivity contribution in [1.29, 1.82) is 0 Å². The third-order valence-electron chi connectivity index (χ3n) is 12.6. The molecule has 0 aromatic rings. The molecule has 0 spiro atoms. The highest BCUT2D eigenvalue weighted by Crippen LogP contribution is 2.47. The summed E-state index contributed by atoms with van der Waals surface area (Å²) in [5.74, 6) is -4.47. The molecular weight excluding hydrogens is 648 g/mol. The minimum Gasteiger partial charge on any atom is -0.504 e. The molecule has 0 aromatic carbocycles. The number of Topliss-reactive ketones (excluding diaryl/α,β-unsaturated/α-hetero) is 2. The predicted octanol–water partition coefficient (Wildman–Crippen LogP) is 4.26. The van der Waals surface area contributed by atoms with Crippen LogP contribution in [0, 0.1) is 23.7 Å². The first-order valence-electron chi connectivity index (χ1n) is 18.4. The summed E-state index contributed by atoms with van der Waals surface area (Å²) >= 11 is 0. The molecule has 4 aliphatic heterocycles. The number of aliphatic hydroxyl groups excluding tert-OH is 2. The summed E-state index contributed by atoms with van der Waals surface area (Å²) < 4.78 is 29.7. The zero-order valence-electron chi connectivity index (χ0n) is 31.3. The Balaban J connectivity index is 1.45. The SMILES string of the molecule is C=C1OC(=O)C(C(=O)C[C@@H]2O[C@@H]([C@H](C)C(O)[C@H](CC)C(=O)[C@](C)(O)[C@@H]3CCC(CC)([C@@H]4CC[C@@](O)([C@@H](C)OC)[C@@H](C)O4)O3)[C@@H](C)C[C@@H]2C)=C1O. The van der Waals surface area contributed by atoms with Crippen LogP contribution < -0.4 is 0 Å². The molecule has 50 heavy (non-hydrogen) atoms. The largest absolute Gasteiger partial charge is 0.504 e. The van der Waals surface area contributed by atoms with E-state index in [0.29, 0.717) is 38.5 Å². The standard InChI is InChI=1S/C38H60O12/c1-11-25(31(40)21(5)33-20(4)17-19(3)27(49-33)18-26(39)30-32(41)22(6)47-35(30)43)34(42)36(9,44)28-13-15-37(12-2,50-28)29-14-16-38(45,23(7)46-10)24(8)48-29/h19-21,23-25,27-29,31,33,40-41,44-45H,6,11-18H2,1-5,7-10H3/t19-,20-,21+,23+,24+,25-,27-,28-,29-,31?,33+,36+,37?,38+/m0/s1. The van der Waals surface area contributed by atoms with Crippen molar-refractivity contribution in [3.05, 3.63) is 23.7 Å². The zero-order valence-corrected chi connectivity index (χ0v) is 31.3. The Hall–Kier alpha value is -2.19. The molecule has 0 radical (unpaired) electrons.